The van der Waals surface area contributed by atoms with Gasteiger partial charge in [-0.05, 0) is 62.2 Å². The molecule has 0 spiro atoms. The predicted octanol–water partition coefficient (Wildman–Crippen LogP) is 5.25. The second kappa shape index (κ2) is 9.20. The van der Waals surface area contributed by atoms with Gasteiger partial charge in [-0.25, -0.2) is 4.98 Å². The zero-order chi connectivity index (χ0) is 21.8. The van der Waals surface area contributed by atoms with Gasteiger partial charge in [-0.1, -0.05) is 6.07 Å². The van der Waals surface area contributed by atoms with Crippen LogP contribution in [0.15, 0.2) is 53.2 Å². The molecule has 1 aliphatic rings. The quantitative estimate of drug-likeness (QED) is 0.534. The van der Waals surface area contributed by atoms with Crippen molar-refractivity contribution in [2.75, 3.05) is 13.1 Å². The van der Waals surface area contributed by atoms with E-state index >= 15 is 0 Å². The normalized spacial score (nSPS) is 17.7. The molecule has 0 saturated carbocycles. The molecule has 0 aliphatic carbocycles. The molecule has 31 heavy (non-hydrogen) atoms. The molecule has 1 fully saturated rings. The van der Waals surface area contributed by atoms with Gasteiger partial charge in [0.25, 0.3) is 0 Å². The van der Waals surface area contributed by atoms with E-state index in [0.717, 1.165) is 49.3 Å². The van der Waals surface area contributed by atoms with Crippen molar-refractivity contribution in [1.29, 1.82) is 0 Å². The van der Waals surface area contributed by atoms with Crippen LogP contribution in [0.1, 0.15) is 35.4 Å². The third-order valence-electron chi connectivity index (χ3n) is 5.40. The van der Waals surface area contributed by atoms with Gasteiger partial charge in [0.05, 0.1) is 24.0 Å². The molecule has 0 radical (unpaired) electrons. The fourth-order valence-electron chi connectivity index (χ4n) is 3.70. The van der Waals surface area contributed by atoms with Crippen molar-refractivity contribution in [3.63, 3.8) is 0 Å². The number of rotatable bonds is 6. The number of alkyl halides is 3. The Morgan fingerprint density at radius 1 is 1.19 bits per heavy atom. The topological polar surface area (TPSA) is 51.4 Å². The van der Waals surface area contributed by atoms with Crippen LogP contribution in [0.2, 0.25) is 0 Å². The highest BCUT2D eigenvalue weighted by molar-refractivity contribution is 5.54. The molecule has 0 amide bonds. The monoisotopic (exact) mass is 431 g/mol. The first-order chi connectivity index (χ1) is 14.9. The smallest absolute Gasteiger partial charge is 0.416 e. The second-order valence-electron chi connectivity index (χ2n) is 7.77. The third-order valence-corrected chi connectivity index (χ3v) is 5.40. The lowest BCUT2D eigenvalue weighted by Gasteiger charge is -2.32. The Labute approximate surface area is 178 Å². The molecular formula is C23H24F3N3O2. The van der Waals surface area contributed by atoms with Gasteiger partial charge in [0.15, 0.2) is 0 Å². The summed E-state index contributed by atoms with van der Waals surface area (Å²) in [6, 6.07) is 8.76. The Morgan fingerprint density at radius 2 is 2.00 bits per heavy atom. The van der Waals surface area contributed by atoms with Crippen LogP contribution in [0.4, 0.5) is 13.2 Å². The van der Waals surface area contributed by atoms with Crippen molar-refractivity contribution in [1.82, 2.24) is 14.9 Å². The molecule has 1 aromatic carbocycles. The minimum absolute atomic E-state index is 0.135. The summed E-state index contributed by atoms with van der Waals surface area (Å²) in [6.07, 6.45) is 1.36. The maximum Gasteiger partial charge on any atom is 0.416 e. The van der Waals surface area contributed by atoms with Crippen LogP contribution < -0.4 is 0 Å². The van der Waals surface area contributed by atoms with Gasteiger partial charge in [0.2, 0.25) is 5.89 Å². The molecule has 4 rings (SSSR count). The van der Waals surface area contributed by atoms with Crippen LogP contribution in [0.3, 0.4) is 0 Å². The van der Waals surface area contributed by atoms with E-state index in [1.165, 1.54) is 12.1 Å². The Morgan fingerprint density at radius 3 is 2.71 bits per heavy atom. The summed E-state index contributed by atoms with van der Waals surface area (Å²) in [5.74, 6) is 1.01. The molecule has 0 N–H and O–H groups in total. The highest BCUT2D eigenvalue weighted by Crippen LogP contribution is 2.31. The van der Waals surface area contributed by atoms with Gasteiger partial charge in [-0.2, -0.15) is 13.2 Å². The van der Waals surface area contributed by atoms with Gasteiger partial charge < -0.3 is 9.15 Å². The zero-order valence-corrected chi connectivity index (χ0v) is 17.2. The summed E-state index contributed by atoms with van der Waals surface area (Å²) in [5, 5.41) is 0. The molecule has 3 aromatic rings. The summed E-state index contributed by atoms with van der Waals surface area (Å²) in [5.41, 5.74) is 1.68. The number of aromatic nitrogens is 2. The van der Waals surface area contributed by atoms with Crippen molar-refractivity contribution in [3.05, 3.63) is 71.4 Å². The molecule has 5 nitrogen and oxygen atoms in total. The number of likely N-dealkylation sites (tertiary alicyclic amines) is 1. The van der Waals surface area contributed by atoms with Crippen molar-refractivity contribution in [2.24, 2.45) is 0 Å². The molecule has 3 heterocycles. The SMILES string of the molecule is Cc1oc(-c2ccc(C(F)(F)F)cc2)nc1CN1CCC[C@H](OCc2cccnc2)C1. The Kier molecular flexibility index (Phi) is 6.38. The molecule has 164 valence electrons. The molecule has 2 aromatic heterocycles. The Bertz CT molecular complexity index is 988. The number of ether oxygens (including phenoxy) is 1. The maximum absolute atomic E-state index is 12.8. The van der Waals surface area contributed by atoms with E-state index in [0.29, 0.717) is 30.4 Å². The van der Waals surface area contributed by atoms with Crippen LogP contribution in [-0.2, 0) is 24.1 Å². The standard InChI is InChI=1S/C23H24F3N3O2/c1-16-21(28-22(31-16)18-6-8-19(9-7-18)23(24,25)26)14-29-11-3-5-20(13-29)30-15-17-4-2-10-27-12-17/h2,4,6-10,12,20H,3,5,11,13-15H2,1H3/t20-/m0/s1. The number of halogens is 3. The van der Waals surface area contributed by atoms with Crippen LogP contribution in [0.25, 0.3) is 11.5 Å². The molecule has 8 heteroatoms. The van der Waals surface area contributed by atoms with Gasteiger partial charge in [-0.3, -0.25) is 9.88 Å². The van der Waals surface area contributed by atoms with E-state index in [1.807, 2.05) is 25.3 Å². The van der Waals surface area contributed by atoms with Gasteiger partial charge in [0.1, 0.15) is 5.76 Å². The lowest BCUT2D eigenvalue weighted by molar-refractivity contribution is -0.137. The van der Waals surface area contributed by atoms with Gasteiger partial charge >= 0.3 is 6.18 Å². The van der Waals surface area contributed by atoms with E-state index < -0.39 is 11.7 Å². The number of pyridine rings is 1. The van der Waals surface area contributed by atoms with Gasteiger partial charge in [-0.15, -0.1) is 0 Å². The highest BCUT2D eigenvalue weighted by atomic mass is 19.4. The third kappa shape index (κ3) is 5.51. The highest BCUT2D eigenvalue weighted by Gasteiger charge is 2.30. The molecule has 1 aliphatic heterocycles. The van der Waals surface area contributed by atoms with Crippen molar-refractivity contribution in [3.8, 4) is 11.5 Å². The fraction of sp³-hybridized carbons (Fsp3) is 0.391. The molecule has 0 unspecified atom stereocenters. The second-order valence-corrected chi connectivity index (χ2v) is 7.77. The van der Waals surface area contributed by atoms with Crippen molar-refractivity contribution in [2.45, 2.75) is 45.2 Å². The first-order valence-corrected chi connectivity index (χ1v) is 10.3. The summed E-state index contributed by atoms with van der Waals surface area (Å²) in [6.45, 7) is 4.71. The lowest BCUT2D eigenvalue weighted by Crippen LogP contribution is -2.39. The number of oxazole rings is 1. The largest absolute Gasteiger partial charge is 0.441 e. The lowest BCUT2D eigenvalue weighted by atomic mass is 10.1. The number of nitrogens with zero attached hydrogens (tertiary/aromatic N) is 3. The molecular weight excluding hydrogens is 407 g/mol. The maximum atomic E-state index is 12.8. The minimum atomic E-state index is -4.36. The van der Waals surface area contributed by atoms with E-state index in [4.69, 9.17) is 9.15 Å². The molecule has 1 saturated heterocycles. The van der Waals surface area contributed by atoms with E-state index in [2.05, 4.69) is 14.9 Å². The minimum Gasteiger partial charge on any atom is -0.441 e. The summed E-state index contributed by atoms with van der Waals surface area (Å²) in [4.78, 5) is 10.9. The number of hydrogen-bond donors (Lipinski definition) is 0. The predicted molar refractivity (Wildman–Crippen MR) is 109 cm³/mol. The van der Waals surface area contributed by atoms with Crippen LogP contribution in [0, 0.1) is 6.92 Å². The summed E-state index contributed by atoms with van der Waals surface area (Å²) >= 11 is 0. The number of benzene rings is 1. The first-order valence-electron chi connectivity index (χ1n) is 10.3. The molecule has 0 bridgehead atoms. The van der Waals surface area contributed by atoms with Crippen LogP contribution in [-0.4, -0.2) is 34.1 Å². The van der Waals surface area contributed by atoms with Crippen LogP contribution in [0.5, 0.6) is 0 Å². The Hall–Kier alpha value is -2.71. The van der Waals surface area contributed by atoms with E-state index in [9.17, 15) is 13.2 Å². The average molecular weight is 431 g/mol. The number of aryl methyl sites for hydroxylation is 1. The zero-order valence-electron chi connectivity index (χ0n) is 17.2. The first kappa shape index (κ1) is 21.5. The number of hydrogen-bond acceptors (Lipinski definition) is 5. The Balaban J connectivity index is 1.37. The fourth-order valence-corrected chi connectivity index (χ4v) is 3.70. The van der Waals surface area contributed by atoms with Crippen molar-refractivity contribution >= 4 is 0 Å². The average Bonchev–Trinajstić information content (AvgIpc) is 3.13. The van der Waals surface area contributed by atoms with E-state index in [-0.39, 0.29) is 6.10 Å². The number of piperidine rings is 1. The summed E-state index contributed by atoms with van der Waals surface area (Å²) < 4.78 is 50.1. The van der Waals surface area contributed by atoms with E-state index in [1.54, 1.807) is 6.20 Å². The van der Waals surface area contributed by atoms with Crippen LogP contribution >= 0.6 is 0 Å². The molecule has 1 atom stereocenters. The van der Waals surface area contributed by atoms with Gasteiger partial charge in [0, 0.05) is 31.0 Å². The summed E-state index contributed by atoms with van der Waals surface area (Å²) in [7, 11) is 0. The van der Waals surface area contributed by atoms with Crippen molar-refractivity contribution < 1.29 is 22.3 Å².